The van der Waals surface area contributed by atoms with Crippen molar-refractivity contribution in [3.05, 3.63) is 61.2 Å². The number of anilines is 1. The zero-order valence-corrected chi connectivity index (χ0v) is 12.9. The first-order valence-electron chi connectivity index (χ1n) is 6.90. The van der Waals surface area contributed by atoms with Crippen molar-refractivity contribution in [1.82, 2.24) is 9.97 Å². The summed E-state index contributed by atoms with van der Waals surface area (Å²) in [4.78, 5) is 8.26. The van der Waals surface area contributed by atoms with Crippen LogP contribution in [-0.2, 0) is 10.0 Å². The van der Waals surface area contributed by atoms with Crippen LogP contribution >= 0.6 is 0 Å². The van der Waals surface area contributed by atoms with Crippen LogP contribution in [0.1, 0.15) is 6.92 Å². The average Bonchev–Trinajstić information content (AvgIpc) is 2.55. The highest BCUT2D eigenvalue weighted by Gasteiger charge is 2.25. The molecule has 0 amide bonds. The topological polar surface area (TPSA) is 63.2 Å². The number of benzene rings is 1. The Balaban J connectivity index is 2.19. The maximum atomic E-state index is 13.1. The summed E-state index contributed by atoms with van der Waals surface area (Å²) in [5.41, 5.74) is 0.601. The molecule has 0 N–H and O–H groups in total. The molecule has 0 aliphatic rings. The van der Waals surface area contributed by atoms with Gasteiger partial charge in [0.2, 0.25) is 0 Å². The number of rotatable bonds is 4. The monoisotopic (exact) mass is 313 g/mol. The lowest BCUT2D eigenvalue weighted by atomic mass is 10.2. The maximum Gasteiger partial charge on any atom is 0.264 e. The van der Waals surface area contributed by atoms with E-state index in [9.17, 15) is 8.42 Å². The molecule has 2 aromatic heterocycles. The Morgan fingerprint density at radius 1 is 1.00 bits per heavy atom. The standard InChI is InChI=1S/C16H15N3O2S/c1-2-19(14-6-9-17-10-7-14)22(20,21)16-5-3-4-13-12-18-11-8-15(13)16/h3-12H,2H2,1H3. The summed E-state index contributed by atoms with van der Waals surface area (Å²) in [6, 6.07) is 10.3. The number of sulfonamides is 1. The van der Waals surface area contributed by atoms with Crippen LogP contribution in [0.25, 0.3) is 10.8 Å². The minimum atomic E-state index is -3.65. The molecule has 0 aliphatic heterocycles. The fourth-order valence-corrected chi connectivity index (χ4v) is 4.13. The molecule has 0 unspecified atom stereocenters. The molecule has 0 radical (unpaired) electrons. The van der Waals surface area contributed by atoms with Gasteiger partial charge < -0.3 is 0 Å². The van der Waals surface area contributed by atoms with Crippen LogP contribution in [0.3, 0.4) is 0 Å². The van der Waals surface area contributed by atoms with E-state index in [1.165, 1.54) is 4.31 Å². The number of hydrogen-bond donors (Lipinski definition) is 0. The minimum Gasteiger partial charge on any atom is -0.266 e. The lowest BCUT2D eigenvalue weighted by Crippen LogP contribution is -2.30. The molecule has 3 aromatic rings. The van der Waals surface area contributed by atoms with Gasteiger partial charge in [0.1, 0.15) is 0 Å². The first-order valence-corrected chi connectivity index (χ1v) is 8.34. The van der Waals surface area contributed by atoms with Crippen LogP contribution in [0.15, 0.2) is 66.1 Å². The number of hydrogen-bond acceptors (Lipinski definition) is 4. The normalized spacial score (nSPS) is 11.5. The first kappa shape index (κ1) is 14.5. The Morgan fingerprint density at radius 2 is 1.73 bits per heavy atom. The van der Waals surface area contributed by atoms with Gasteiger partial charge in [-0.25, -0.2) is 8.42 Å². The van der Waals surface area contributed by atoms with Crippen LogP contribution in [0, 0.1) is 0 Å². The molecule has 2 heterocycles. The third-order valence-corrected chi connectivity index (χ3v) is 5.41. The predicted octanol–water partition coefficient (Wildman–Crippen LogP) is 2.85. The molecule has 0 saturated heterocycles. The van der Waals surface area contributed by atoms with Gasteiger partial charge in [-0.3, -0.25) is 14.3 Å². The molecule has 22 heavy (non-hydrogen) atoms. The summed E-state index contributed by atoms with van der Waals surface area (Å²) in [5.74, 6) is 0. The van der Waals surface area contributed by atoms with Crippen molar-refractivity contribution in [3.8, 4) is 0 Å². The van der Waals surface area contributed by atoms with Gasteiger partial charge in [0, 0.05) is 42.1 Å². The predicted molar refractivity (Wildman–Crippen MR) is 86.2 cm³/mol. The van der Waals surface area contributed by atoms with Crippen molar-refractivity contribution in [3.63, 3.8) is 0 Å². The third-order valence-electron chi connectivity index (χ3n) is 3.45. The molecule has 112 valence electrons. The lowest BCUT2D eigenvalue weighted by Gasteiger charge is -2.23. The van der Waals surface area contributed by atoms with E-state index in [1.54, 1.807) is 55.1 Å². The molecule has 0 saturated carbocycles. The van der Waals surface area contributed by atoms with Crippen molar-refractivity contribution < 1.29 is 8.42 Å². The summed E-state index contributed by atoms with van der Waals surface area (Å²) >= 11 is 0. The van der Waals surface area contributed by atoms with E-state index >= 15 is 0 Å². The Kier molecular flexibility index (Phi) is 3.77. The summed E-state index contributed by atoms with van der Waals surface area (Å²) in [7, 11) is -3.65. The average molecular weight is 313 g/mol. The SMILES string of the molecule is CCN(c1ccncc1)S(=O)(=O)c1cccc2cnccc12. The Morgan fingerprint density at radius 3 is 2.45 bits per heavy atom. The van der Waals surface area contributed by atoms with Gasteiger partial charge in [0.25, 0.3) is 10.0 Å². The third kappa shape index (κ3) is 2.42. The smallest absolute Gasteiger partial charge is 0.264 e. The van der Waals surface area contributed by atoms with Gasteiger partial charge in [-0.2, -0.15) is 0 Å². The van der Waals surface area contributed by atoms with E-state index in [2.05, 4.69) is 9.97 Å². The summed E-state index contributed by atoms with van der Waals surface area (Å²) in [6.45, 7) is 2.15. The zero-order chi connectivity index (χ0) is 15.6. The van der Waals surface area contributed by atoms with Gasteiger partial charge in [-0.05, 0) is 31.2 Å². The quantitative estimate of drug-likeness (QED) is 0.743. The van der Waals surface area contributed by atoms with Gasteiger partial charge >= 0.3 is 0 Å². The van der Waals surface area contributed by atoms with E-state index in [4.69, 9.17) is 0 Å². The second-order valence-corrected chi connectivity index (χ2v) is 6.56. The lowest BCUT2D eigenvalue weighted by molar-refractivity contribution is 0.592. The molecule has 0 atom stereocenters. The highest BCUT2D eigenvalue weighted by Crippen LogP contribution is 2.28. The number of aromatic nitrogens is 2. The largest absolute Gasteiger partial charge is 0.266 e. The van der Waals surface area contributed by atoms with Crippen molar-refractivity contribution in [2.75, 3.05) is 10.8 Å². The molecule has 1 aromatic carbocycles. The number of nitrogens with zero attached hydrogens (tertiary/aromatic N) is 3. The molecular weight excluding hydrogens is 298 g/mol. The van der Waals surface area contributed by atoms with Crippen molar-refractivity contribution in [2.24, 2.45) is 0 Å². The van der Waals surface area contributed by atoms with Crippen molar-refractivity contribution in [1.29, 1.82) is 0 Å². The molecule has 0 aliphatic carbocycles. The molecule has 0 fully saturated rings. The molecular formula is C16H15N3O2S. The molecule has 0 spiro atoms. The fraction of sp³-hybridized carbons (Fsp3) is 0.125. The molecule has 6 heteroatoms. The molecule has 0 bridgehead atoms. The van der Waals surface area contributed by atoms with E-state index in [1.807, 2.05) is 13.0 Å². The number of fused-ring (bicyclic) bond motifs is 1. The van der Waals surface area contributed by atoms with Gasteiger partial charge in [-0.15, -0.1) is 0 Å². The van der Waals surface area contributed by atoms with E-state index in [0.717, 1.165) is 5.39 Å². The highest BCUT2D eigenvalue weighted by molar-refractivity contribution is 7.93. The summed E-state index contributed by atoms with van der Waals surface area (Å²) in [6.07, 6.45) is 6.43. The van der Waals surface area contributed by atoms with E-state index in [0.29, 0.717) is 17.6 Å². The molecule has 5 nitrogen and oxygen atoms in total. The van der Waals surface area contributed by atoms with E-state index in [-0.39, 0.29) is 4.90 Å². The Hall–Kier alpha value is -2.47. The van der Waals surface area contributed by atoms with Crippen LogP contribution in [0.5, 0.6) is 0 Å². The first-order chi connectivity index (χ1) is 10.6. The second kappa shape index (κ2) is 5.73. The van der Waals surface area contributed by atoms with Crippen molar-refractivity contribution >= 4 is 26.5 Å². The number of pyridine rings is 2. The van der Waals surface area contributed by atoms with Gasteiger partial charge in [-0.1, -0.05) is 12.1 Å². The molecule has 3 rings (SSSR count). The zero-order valence-electron chi connectivity index (χ0n) is 12.0. The Bertz CT molecular complexity index is 890. The van der Waals surface area contributed by atoms with Gasteiger partial charge in [0.05, 0.1) is 10.6 Å². The van der Waals surface area contributed by atoms with Crippen LogP contribution in [0.2, 0.25) is 0 Å². The maximum absolute atomic E-state index is 13.1. The summed E-state index contributed by atoms with van der Waals surface area (Å²) in [5, 5.41) is 1.47. The van der Waals surface area contributed by atoms with Gasteiger partial charge in [0.15, 0.2) is 0 Å². The highest BCUT2D eigenvalue weighted by atomic mass is 32.2. The Labute approximate surface area is 129 Å². The van der Waals surface area contributed by atoms with Crippen LogP contribution in [0.4, 0.5) is 5.69 Å². The second-order valence-electron chi connectivity index (χ2n) is 4.73. The minimum absolute atomic E-state index is 0.283. The van der Waals surface area contributed by atoms with E-state index < -0.39 is 10.0 Å². The van der Waals surface area contributed by atoms with Crippen molar-refractivity contribution in [2.45, 2.75) is 11.8 Å². The summed E-state index contributed by atoms with van der Waals surface area (Å²) < 4.78 is 27.5. The van der Waals surface area contributed by atoms with Crippen LogP contribution in [-0.4, -0.2) is 24.9 Å². The fourth-order valence-electron chi connectivity index (χ4n) is 2.44. The van der Waals surface area contributed by atoms with Crippen LogP contribution < -0.4 is 4.31 Å².